The van der Waals surface area contributed by atoms with Crippen LogP contribution in [0.5, 0.6) is 0 Å². The number of fused-ring (bicyclic) bond motifs is 1. The van der Waals surface area contributed by atoms with Crippen LogP contribution in [0.2, 0.25) is 0 Å². The van der Waals surface area contributed by atoms with Crippen LogP contribution in [0.1, 0.15) is 41.8 Å². The van der Waals surface area contributed by atoms with Gasteiger partial charge in [-0.25, -0.2) is 4.98 Å². The fourth-order valence-corrected chi connectivity index (χ4v) is 4.35. The fourth-order valence-electron chi connectivity index (χ4n) is 3.20. The predicted molar refractivity (Wildman–Crippen MR) is 85.8 cm³/mol. The molecule has 116 valence electrons. The van der Waals surface area contributed by atoms with Gasteiger partial charge in [-0.2, -0.15) is 0 Å². The number of hydrogen-bond donors (Lipinski definition) is 0. The molecule has 0 aromatic carbocycles. The highest BCUT2D eigenvalue weighted by molar-refractivity contribution is 7.11. The molecule has 5 heteroatoms. The first kappa shape index (κ1) is 15.0. The minimum Gasteiger partial charge on any atom is -0.340 e. The first-order valence-corrected chi connectivity index (χ1v) is 9.05. The van der Waals surface area contributed by atoms with Gasteiger partial charge in [-0.05, 0) is 32.2 Å². The summed E-state index contributed by atoms with van der Waals surface area (Å²) in [7, 11) is 0. The average molecular weight is 307 g/mol. The minimum atomic E-state index is 0.305. The molecule has 1 fully saturated rings. The molecule has 2 heterocycles. The molecule has 4 nitrogen and oxygen atoms in total. The van der Waals surface area contributed by atoms with Crippen molar-refractivity contribution in [2.45, 2.75) is 45.4 Å². The van der Waals surface area contributed by atoms with Gasteiger partial charge in [-0.15, -0.1) is 11.3 Å². The summed E-state index contributed by atoms with van der Waals surface area (Å²) in [6.45, 7) is 7.10. The van der Waals surface area contributed by atoms with Gasteiger partial charge in [0.05, 0.1) is 10.7 Å². The predicted octanol–water partition coefficient (Wildman–Crippen LogP) is 2.12. The Hall–Kier alpha value is -0.940. The molecule has 0 saturated carbocycles. The van der Waals surface area contributed by atoms with Crippen molar-refractivity contribution >= 4 is 17.2 Å². The highest BCUT2D eigenvalue weighted by atomic mass is 32.1. The zero-order valence-electron chi connectivity index (χ0n) is 12.9. The van der Waals surface area contributed by atoms with E-state index in [-0.39, 0.29) is 0 Å². The van der Waals surface area contributed by atoms with Crippen LogP contribution >= 0.6 is 11.3 Å². The van der Waals surface area contributed by atoms with Gasteiger partial charge < -0.3 is 9.80 Å². The summed E-state index contributed by atoms with van der Waals surface area (Å²) >= 11 is 1.84. The van der Waals surface area contributed by atoms with Crippen molar-refractivity contribution in [3.8, 4) is 0 Å². The third-order valence-electron chi connectivity index (χ3n) is 4.61. The summed E-state index contributed by atoms with van der Waals surface area (Å²) in [5.41, 5.74) is 1.31. The minimum absolute atomic E-state index is 0.305. The zero-order valence-corrected chi connectivity index (χ0v) is 13.8. The molecule has 1 amide bonds. The van der Waals surface area contributed by atoms with Gasteiger partial charge in [0, 0.05) is 43.9 Å². The Balaban J connectivity index is 1.48. The first-order valence-electron chi connectivity index (χ1n) is 8.24. The molecule has 21 heavy (non-hydrogen) atoms. The Kier molecular flexibility index (Phi) is 4.91. The molecule has 1 aromatic heterocycles. The lowest BCUT2D eigenvalue weighted by atomic mass is 10.0. The number of likely N-dealkylation sites (N-methyl/N-ethyl adjacent to an activating group) is 1. The van der Waals surface area contributed by atoms with Gasteiger partial charge in [-0.1, -0.05) is 6.92 Å². The van der Waals surface area contributed by atoms with Crippen molar-refractivity contribution < 1.29 is 4.79 Å². The van der Waals surface area contributed by atoms with Gasteiger partial charge >= 0.3 is 0 Å². The van der Waals surface area contributed by atoms with Gasteiger partial charge in [-0.3, -0.25) is 4.79 Å². The van der Waals surface area contributed by atoms with Crippen molar-refractivity contribution in [3.05, 3.63) is 15.6 Å². The molecular formula is C16H25N3OS. The summed E-state index contributed by atoms with van der Waals surface area (Å²) in [5.74, 6) is 0.305. The SMILES string of the molecule is CCN1CCN(C(=O)CCc2nc3c(s2)CCCC3)CC1. The van der Waals surface area contributed by atoms with Gasteiger partial charge in [0.25, 0.3) is 0 Å². The smallest absolute Gasteiger partial charge is 0.223 e. The number of aryl methyl sites for hydroxylation is 3. The van der Waals surface area contributed by atoms with Gasteiger partial charge in [0.1, 0.15) is 0 Å². The van der Waals surface area contributed by atoms with Crippen LogP contribution in [0.4, 0.5) is 0 Å². The Bertz CT molecular complexity index is 468. The summed E-state index contributed by atoms with van der Waals surface area (Å²) < 4.78 is 0. The van der Waals surface area contributed by atoms with E-state index in [0.29, 0.717) is 12.3 Å². The lowest BCUT2D eigenvalue weighted by molar-refractivity contribution is -0.132. The van der Waals surface area contributed by atoms with E-state index in [1.54, 1.807) is 0 Å². The molecule has 1 aromatic rings. The lowest BCUT2D eigenvalue weighted by Gasteiger charge is -2.34. The molecule has 2 aliphatic rings. The number of nitrogens with zero attached hydrogens (tertiary/aromatic N) is 3. The van der Waals surface area contributed by atoms with E-state index in [0.717, 1.165) is 45.6 Å². The highest BCUT2D eigenvalue weighted by Crippen LogP contribution is 2.27. The van der Waals surface area contributed by atoms with Crippen LogP contribution < -0.4 is 0 Å². The largest absolute Gasteiger partial charge is 0.340 e. The summed E-state index contributed by atoms with van der Waals surface area (Å²) in [5, 5.41) is 1.17. The van der Waals surface area contributed by atoms with Crippen molar-refractivity contribution in [1.82, 2.24) is 14.8 Å². The van der Waals surface area contributed by atoms with Crippen LogP contribution in [-0.4, -0.2) is 53.4 Å². The maximum Gasteiger partial charge on any atom is 0.223 e. The third-order valence-corrected chi connectivity index (χ3v) is 5.83. The van der Waals surface area contributed by atoms with Gasteiger partial charge in [0.15, 0.2) is 0 Å². The topological polar surface area (TPSA) is 36.4 Å². The molecule has 1 saturated heterocycles. The van der Waals surface area contributed by atoms with E-state index in [1.807, 2.05) is 16.2 Å². The van der Waals surface area contributed by atoms with Crippen molar-refractivity contribution in [2.75, 3.05) is 32.7 Å². The number of carbonyl (C=O) groups excluding carboxylic acids is 1. The van der Waals surface area contributed by atoms with Crippen molar-refractivity contribution in [2.24, 2.45) is 0 Å². The number of amides is 1. The molecule has 0 bridgehead atoms. The number of carbonyl (C=O) groups is 1. The summed E-state index contributed by atoms with van der Waals surface area (Å²) in [6, 6.07) is 0. The monoisotopic (exact) mass is 307 g/mol. The van der Waals surface area contributed by atoms with Crippen molar-refractivity contribution in [3.63, 3.8) is 0 Å². The number of rotatable bonds is 4. The summed E-state index contributed by atoms with van der Waals surface area (Å²) in [4.78, 5) is 22.9. The number of aromatic nitrogens is 1. The molecular weight excluding hydrogens is 282 g/mol. The van der Waals surface area contributed by atoms with Crippen LogP contribution in [0, 0.1) is 0 Å². The van der Waals surface area contributed by atoms with Crippen LogP contribution in [0.25, 0.3) is 0 Å². The normalized spacial score (nSPS) is 19.6. The van der Waals surface area contributed by atoms with E-state index < -0.39 is 0 Å². The molecule has 1 aliphatic heterocycles. The molecule has 0 spiro atoms. The second-order valence-corrected chi connectivity index (χ2v) is 7.17. The highest BCUT2D eigenvalue weighted by Gasteiger charge is 2.21. The van der Waals surface area contributed by atoms with Crippen LogP contribution in [-0.2, 0) is 24.1 Å². The molecule has 0 radical (unpaired) electrons. The first-order chi connectivity index (χ1) is 10.3. The van der Waals surface area contributed by atoms with E-state index in [9.17, 15) is 4.79 Å². The number of piperazine rings is 1. The Morgan fingerprint density at radius 3 is 2.67 bits per heavy atom. The number of thiazole rings is 1. The Labute approximate surface area is 131 Å². The molecule has 0 unspecified atom stereocenters. The molecule has 1 aliphatic carbocycles. The summed E-state index contributed by atoms with van der Waals surface area (Å²) in [6.07, 6.45) is 6.35. The zero-order chi connectivity index (χ0) is 14.7. The Morgan fingerprint density at radius 2 is 1.95 bits per heavy atom. The van der Waals surface area contributed by atoms with E-state index in [1.165, 1.54) is 34.8 Å². The Morgan fingerprint density at radius 1 is 1.19 bits per heavy atom. The number of hydrogen-bond acceptors (Lipinski definition) is 4. The second-order valence-electron chi connectivity index (χ2n) is 6.00. The van der Waals surface area contributed by atoms with Crippen molar-refractivity contribution in [1.29, 1.82) is 0 Å². The molecule has 3 rings (SSSR count). The standard InChI is InChI=1S/C16H25N3OS/c1-2-18-9-11-19(12-10-18)16(20)8-7-15-17-13-5-3-4-6-14(13)21-15/h2-12H2,1H3. The fraction of sp³-hybridized carbons (Fsp3) is 0.750. The second kappa shape index (κ2) is 6.88. The van der Waals surface area contributed by atoms with Crippen LogP contribution in [0.3, 0.4) is 0 Å². The van der Waals surface area contributed by atoms with E-state index in [4.69, 9.17) is 4.98 Å². The lowest BCUT2D eigenvalue weighted by Crippen LogP contribution is -2.48. The average Bonchev–Trinajstić information content (AvgIpc) is 2.95. The van der Waals surface area contributed by atoms with E-state index >= 15 is 0 Å². The maximum atomic E-state index is 12.3. The van der Waals surface area contributed by atoms with E-state index in [2.05, 4.69) is 11.8 Å². The van der Waals surface area contributed by atoms with Gasteiger partial charge in [0.2, 0.25) is 5.91 Å². The molecule has 0 N–H and O–H groups in total. The molecule has 0 atom stereocenters. The quantitative estimate of drug-likeness (QED) is 0.855. The third kappa shape index (κ3) is 3.64. The maximum absolute atomic E-state index is 12.3. The van der Waals surface area contributed by atoms with Crippen LogP contribution in [0.15, 0.2) is 0 Å².